The van der Waals surface area contributed by atoms with Crippen LogP contribution in [-0.4, -0.2) is 36.1 Å². The lowest BCUT2D eigenvalue weighted by Crippen LogP contribution is -2.43. The first-order chi connectivity index (χ1) is 9.11. The molecule has 1 N–H and O–H groups in total. The van der Waals surface area contributed by atoms with Gasteiger partial charge in [0.05, 0.1) is 10.2 Å². The van der Waals surface area contributed by atoms with E-state index in [1.54, 1.807) is 11.3 Å². The van der Waals surface area contributed by atoms with E-state index in [-0.39, 0.29) is 0 Å². The van der Waals surface area contributed by atoms with Gasteiger partial charge in [0.1, 0.15) is 0 Å². The third-order valence-electron chi connectivity index (χ3n) is 3.77. The highest BCUT2D eigenvalue weighted by atomic mass is 79.9. The van der Waals surface area contributed by atoms with Gasteiger partial charge in [-0.25, -0.2) is 4.98 Å². The number of nitrogens with one attached hydrogen (secondary N) is 1. The largest absolute Gasteiger partial charge is 0.358 e. The molecular weight excluding hydrogens is 322 g/mol. The maximum Gasteiger partial charge on any atom is 0.184 e. The van der Waals surface area contributed by atoms with Gasteiger partial charge in [-0.1, -0.05) is 34.2 Å². The fourth-order valence-corrected chi connectivity index (χ4v) is 4.17. The zero-order valence-corrected chi connectivity index (χ0v) is 13.6. The second-order valence-corrected chi connectivity index (χ2v) is 7.36. The van der Waals surface area contributed by atoms with Gasteiger partial charge in [-0.05, 0) is 44.1 Å². The van der Waals surface area contributed by atoms with Crippen molar-refractivity contribution < 1.29 is 0 Å². The van der Waals surface area contributed by atoms with E-state index in [1.807, 2.05) is 6.07 Å². The van der Waals surface area contributed by atoms with Gasteiger partial charge in [-0.3, -0.25) is 0 Å². The molecule has 0 radical (unpaired) electrons. The SMILES string of the molecule is CC1CN(C)CCC1Nc1nc2ccc(Br)cc2s1. The minimum Gasteiger partial charge on any atom is -0.358 e. The Kier molecular flexibility index (Phi) is 3.78. The van der Waals surface area contributed by atoms with Crippen molar-refractivity contribution in [3.05, 3.63) is 22.7 Å². The monoisotopic (exact) mass is 339 g/mol. The molecule has 2 aromatic rings. The smallest absolute Gasteiger partial charge is 0.184 e. The summed E-state index contributed by atoms with van der Waals surface area (Å²) in [5.41, 5.74) is 1.08. The van der Waals surface area contributed by atoms with Crippen LogP contribution in [0.4, 0.5) is 5.13 Å². The number of hydrogen-bond donors (Lipinski definition) is 1. The molecular formula is C14H18BrN3S. The molecule has 2 unspecified atom stereocenters. The van der Waals surface area contributed by atoms with Crippen LogP contribution in [0.5, 0.6) is 0 Å². The Morgan fingerprint density at radius 3 is 3.11 bits per heavy atom. The number of benzene rings is 1. The highest BCUT2D eigenvalue weighted by Crippen LogP contribution is 2.30. The molecule has 1 saturated heterocycles. The van der Waals surface area contributed by atoms with Crippen molar-refractivity contribution in [3.63, 3.8) is 0 Å². The van der Waals surface area contributed by atoms with Crippen LogP contribution >= 0.6 is 27.3 Å². The molecule has 2 atom stereocenters. The van der Waals surface area contributed by atoms with E-state index >= 15 is 0 Å². The molecule has 1 fully saturated rings. The van der Waals surface area contributed by atoms with Crippen LogP contribution in [0.25, 0.3) is 10.2 Å². The molecule has 1 aromatic heterocycles. The summed E-state index contributed by atoms with van der Waals surface area (Å²) in [4.78, 5) is 7.08. The maximum absolute atomic E-state index is 4.67. The van der Waals surface area contributed by atoms with E-state index < -0.39 is 0 Å². The predicted octanol–water partition coefficient (Wildman–Crippen LogP) is 3.81. The zero-order valence-electron chi connectivity index (χ0n) is 11.2. The van der Waals surface area contributed by atoms with Gasteiger partial charge in [-0.15, -0.1) is 0 Å². The molecule has 0 bridgehead atoms. The molecule has 19 heavy (non-hydrogen) atoms. The predicted molar refractivity (Wildman–Crippen MR) is 86.0 cm³/mol. The second-order valence-electron chi connectivity index (χ2n) is 5.41. The minimum absolute atomic E-state index is 0.542. The van der Waals surface area contributed by atoms with Gasteiger partial charge in [0.2, 0.25) is 0 Å². The number of likely N-dealkylation sites (tertiary alicyclic amines) is 1. The van der Waals surface area contributed by atoms with Crippen LogP contribution < -0.4 is 5.32 Å². The summed E-state index contributed by atoms with van der Waals surface area (Å²) in [5.74, 6) is 0.664. The van der Waals surface area contributed by atoms with Gasteiger partial charge in [0.15, 0.2) is 5.13 Å². The Bertz CT molecular complexity index is 583. The van der Waals surface area contributed by atoms with E-state index in [9.17, 15) is 0 Å². The third kappa shape index (κ3) is 2.93. The lowest BCUT2D eigenvalue weighted by Gasteiger charge is -2.35. The topological polar surface area (TPSA) is 28.2 Å². The number of anilines is 1. The number of aromatic nitrogens is 1. The Morgan fingerprint density at radius 2 is 2.32 bits per heavy atom. The number of halogens is 1. The molecule has 3 rings (SSSR count). The summed E-state index contributed by atoms with van der Waals surface area (Å²) in [5, 5.41) is 4.68. The lowest BCUT2D eigenvalue weighted by molar-refractivity contribution is 0.206. The normalized spacial score (nSPS) is 24.8. The minimum atomic E-state index is 0.542. The molecule has 1 aromatic carbocycles. The third-order valence-corrected chi connectivity index (χ3v) is 5.21. The fourth-order valence-electron chi connectivity index (χ4n) is 2.69. The molecule has 1 aliphatic heterocycles. The summed E-state index contributed by atoms with van der Waals surface area (Å²) in [6.45, 7) is 4.64. The Morgan fingerprint density at radius 1 is 1.47 bits per heavy atom. The van der Waals surface area contributed by atoms with E-state index in [2.05, 4.69) is 57.2 Å². The van der Waals surface area contributed by atoms with Crippen molar-refractivity contribution in [1.29, 1.82) is 0 Å². The first-order valence-corrected chi connectivity index (χ1v) is 8.24. The molecule has 0 spiro atoms. The van der Waals surface area contributed by atoms with Crippen molar-refractivity contribution in [2.75, 3.05) is 25.5 Å². The molecule has 0 saturated carbocycles. The fraction of sp³-hybridized carbons (Fsp3) is 0.500. The quantitative estimate of drug-likeness (QED) is 0.901. The van der Waals surface area contributed by atoms with Crippen molar-refractivity contribution in [2.24, 2.45) is 5.92 Å². The average molecular weight is 340 g/mol. The summed E-state index contributed by atoms with van der Waals surface area (Å²) >= 11 is 5.25. The maximum atomic E-state index is 4.67. The molecule has 3 nitrogen and oxygen atoms in total. The average Bonchev–Trinajstić information content (AvgIpc) is 2.74. The molecule has 5 heteroatoms. The Labute approximate surface area is 126 Å². The highest BCUT2D eigenvalue weighted by Gasteiger charge is 2.24. The number of nitrogens with zero attached hydrogens (tertiary/aromatic N) is 2. The summed E-state index contributed by atoms with van der Waals surface area (Å²) in [7, 11) is 2.20. The van der Waals surface area contributed by atoms with Gasteiger partial charge < -0.3 is 10.2 Å². The van der Waals surface area contributed by atoms with Crippen LogP contribution in [0.15, 0.2) is 22.7 Å². The number of hydrogen-bond acceptors (Lipinski definition) is 4. The first kappa shape index (κ1) is 13.3. The Hall–Kier alpha value is -0.650. The van der Waals surface area contributed by atoms with E-state index in [1.165, 1.54) is 17.7 Å². The number of thiazole rings is 1. The highest BCUT2D eigenvalue weighted by molar-refractivity contribution is 9.10. The van der Waals surface area contributed by atoms with Crippen LogP contribution in [0.1, 0.15) is 13.3 Å². The Balaban J connectivity index is 1.77. The van der Waals surface area contributed by atoms with E-state index in [4.69, 9.17) is 0 Å². The van der Waals surface area contributed by atoms with Gasteiger partial charge in [0, 0.05) is 17.1 Å². The summed E-state index contributed by atoms with van der Waals surface area (Å²) < 4.78 is 2.35. The van der Waals surface area contributed by atoms with Gasteiger partial charge >= 0.3 is 0 Å². The standard InChI is InChI=1S/C14H18BrN3S/c1-9-8-18(2)6-5-11(9)16-14-17-12-4-3-10(15)7-13(12)19-14/h3-4,7,9,11H,5-6,8H2,1-2H3,(H,16,17). The van der Waals surface area contributed by atoms with Crippen molar-refractivity contribution in [2.45, 2.75) is 19.4 Å². The number of rotatable bonds is 2. The number of fused-ring (bicyclic) bond motifs is 1. The van der Waals surface area contributed by atoms with Gasteiger partial charge in [-0.2, -0.15) is 0 Å². The molecule has 1 aliphatic rings. The van der Waals surface area contributed by atoms with Crippen molar-refractivity contribution in [3.8, 4) is 0 Å². The number of piperidine rings is 1. The second kappa shape index (κ2) is 5.38. The van der Waals surface area contributed by atoms with Crippen LogP contribution in [0.2, 0.25) is 0 Å². The van der Waals surface area contributed by atoms with E-state index in [0.717, 1.165) is 21.7 Å². The lowest BCUT2D eigenvalue weighted by atomic mass is 9.94. The van der Waals surface area contributed by atoms with Crippen LogP contribution in [-0.2, 0) is 0 Å². The van der Waals surface area contributed by atoms with Crippen molar-refractivity contribution >= 4 is 42.6 Å². The van der Waals surface area contributed by atoms with Gasteiger partial charge in [0.25, 0.3) is 0 Å². The molecule has 0 amide bonds. The molecule has 102 valence electrons. The van der Waals surface area contributed by atoms with E-state index in [0.29, 0.717) is 12.0 Å². The summed E-state index contributed by atoms with van der Waals surface area (Å²) in [6.07, 6.45) is 1.19. The summed E-state index contributed by atoms with van der Waals surface area (Å²) in [6, 6.07) is 6.79. The first-order valence-electron chi connectivity index (χ1n) is 6.63. The zero-order chi connectivity index (χ0) is 13.4. The van der Waals surface area contributed by atoms with Crippen LogP contribution in [0.3, 0.4) is 0 Å². The van der Waals surface area contributed by atoms with Crippen LogP contribution in [0, 0.1) is 5.92 Å². The van der Waals surface area contributed by atoms with Crippen molar-refractivity contribution in [1.82, 2.24) is 9.88 Å². The molecule has 0 aliphatic carbocycles. The molecule has 2 heterocycles.